The second-order valence-corrected chi connectivity index (χ2v) is 7.12. The van der Waals surface area contributed by atoms with Gasteiger partial charge in [0, 0.05) is 11.6 Å². The number of thiophene rings is 1. The predicted molar refractivity (Wildman–Crippen MR) is 107 cm³/mol. The van der Waals surface area contributed by atoms with Crippen LogP contribution in [-0.4, -0.2) is 31.5 Å². The Morgan fingerprint density at radius 1 is 1.17 bits per heavy atom. The molecule has 8 nitrogen and oxygen atoms in total. The number of benzene rings is 1. The molecule has 0 unspecified atom stereocenters. The van der Waals surface area contributed by atoms with Crippen LogP contribution in [0.15, 0.2) is 41.1 Å². The number of hydrogen-bond acceptors (Lipinski definition) is 8. The third-order valence-electron chi connectivity index (χ3n) is 4.75. The van der Waals surface area contributed by atoms with Crippen LogP contribution in [-0.2, 0) is 0 Å². The number of methoxy groups -OCH3 is 3. The molecule has 3 N–H and O–H groups in total. The molecule has 0 amide bonds. The van der Waals surface area contributed by atoms with Crippen molar-refractivity contribution in [3.8, 4) is 39.8 Å². The van der Waals surface area contributed by atoms with Gasteiger partial charge >= 0.3 is 0 Å². The van der Waals surface area contributed by atoms with Crippen LogP contribution in [0.1, 0.15) is 17.0 Å². The number of nitrogens with two attached hydrogens (primary N) is 1. The van der Waals surface area contributed by atoms with E-state index in [9.17, 15) is 5.26 Å². The molecule has 0 saturated heterocycles. The number of rotatable bonds is 5. The minimum absolute atomic E-state index is 0.00562. The quantitative estimate of drug-likeness (QED) is 0.662. The molecule has 4 rings (SSSR count). The summed E-state index contributed by atoms with van der Waals surface area (Å²) in [5.74, 6) is 1.32. The van der Waals surface area contributed by atoms with E-state index >= 15 is 0 Å². The molecule has 3 aromatic rings. The fraction of sp³-hybridized carbons (Fsp3) is 0.200. The lowest BCUT2D eigenvalue weighted by atomic mass is 9.83. The van der Waals surface area contributed by atoms with Gasteiger partial charge < -0.3 is 24.7 Å². The molecule has 1 aliphatic heterocycles. The second kappa shape index (κ2) is 7.41. The second-order valence-electron chi connectivity index (χ2n) is 6.17. The van der Waals surface area contributed by atoms with Gasteiger partial charge in [-0.1, -0.05) is 6.07 Å². The van der Waals surface area contributed by atoms with Crippen LogP contribution >= 0.6 is 11.3 Å². The zero-order valence-electron chi connectivity index (χ0n) is 16.0. The van der Waals surface area contributed by atoms with E-state index in [2.05, 4.69) is 16.3 Å². The van der Waals surface area contributed by atoms with Crippen LogP contribution in [0.2, 0.25) is 0 Å². The average Bonchev–Trinajstić information content (AvgIpc) is 3.41. The normalized spacial score (nSPS) is 15.3. The maximum atomic E-state index is 9.88. The Hall–Kier alpha value is -3.64. The van der Waals surface area contributed by atoms with Gasteiger partial charge in [-0.3, -0.25) is 5.10 Å². The zero-order valence-corrected chi connectivity index (χ0v) is 16.8. The van der Waals surface area contributed by atoms with E-state index in [0.29, 0.717) is 34.3 Å². The summed E-state index contributed by atoms with van der Waals surface area (Å²) in [6.07, 6.45) is 0. The third-order valence-corrected chi connectivity index (χ3v) is 5.64. The largest absolute Gasteiger partial charge is 0.496 e. The molecule has 2 aromatic heterocycles. The lowest BCUT2D eigenvalue weighted by Gasteiger charge is -2.26. The van der Waals surface area contributed by atoms with E-state index in [4.69, 9.17) is 24.7 Å². The molecule has 1 aliphatic rings. The van der Waals surface area contributed by atoms with Crippen LogP contribution in [0.3, 0.4) is 0 Å². The molecule has 0 saturated carbocycles. The highest BCUT2D eigenvalue weighted by atomic mass is 32.1. The smallest absolute Gasteiger partial charge is 0.244 e. The minimum atomic E-state index is -0.561. The minimum Gasteiger partial charge on any atom is -0.496 e. The predicted octanol–water partition coefficient (Wildman–Crippen LogP) is 3.38. The Balaban J connectivity index is 2.01. The summed E-state index contributed by atoms with van der Waals surface area (Å²) in [4.78, 5) is 0.963. The highest BCUT2D eigenvalue weighted by Crippen LogP contribution is 2.50. The lowest BCUT2D eigenvalue weighted by Crippen LogP contribution is -2.21. The Bertz CT molecular complexity index is 1130. The summed E-state index contributed by atoms with van der Waals surface area (Å²) < 4.78 is 22.1. The molecule has 1 aromatic carbocycles. The fourth-order valence-electron chi connectivity index (χ4n) is 3.44. The van der Waals surface area contributed by atoms with Crippen molar-refractivity contribution in [1.29, 1.82) is 5.26 Å². The van der Waals surface area contributed by atoms with Gasteiger partial charge in [0.25, 0.3) is 0 Å². The van der Waals surface area contributed by atoms with Crippen LogP contribution in [0.5, 0.6) is 23.1 Å². The third kappa shape index (κ3) is 2.94. The number of fused-ring (bicyclic) bond motifs is 1. The molecule has 0 fully saturated rings. The maximum Gasteiger partial charge on any atom is 0.244 e. The van der Waals surface area contributed by atoms with Crippen molar-refractivity contribution in [2.75, 3.05) is 21.3 Å². The van der Waals surface area contributed by atoms with Gasteiger partial charge in [-0.25, -0.2) is 0 Å². The molecule has 1 atom stereocenters. The summed E-state index contributed by atoms with van der Waals surface area (Å²) in [7, 11) is 4.65. The summed E-state index contributed by atoms with van der Waals surface area (Å²) >= 11 is 1.55. The van der Waals surface area contributed by atoms with Gasteiger partial charge in [0.2, 0.25) is 11.8 Å². The van der Waals surface area contributed by atoms with Crippen molar-refractivity contribution in [2.45, 2.75) is 5.92 Å². The van der Waals surface area contributed by atoms with Crippen molar-refractivity contribution in [2.24, 2.45) is 5.73 Å². The zero-order chi connectivity index (χ0) is 20.5. The van der Waals surface area contributed by atoms with Crippen molar-refractivity contribution < 1.29 is 18.9 Å². The number of aromatic nitrogens is 2. The molecular formula is C20H18N4O4S. The topological polar surface area (TPSA) is 115 Å². The SMILES string of the molecule is COc1cc(OC)c([C@@H]2C(C#N)=C(N)Oc3n[nH]c(-c4cccs4)c32)cc1OC. The Labute approximate surface area is 171 Å². The van der Waals surface area contributed by atoms with Gasteiger partial charge in [-0.15, -0.1) is 16.4 Å². The molecule has 29 heavy (non-hydrogen) atoms. The number of allylic oxidation sites excluding steroid dienone is 1. The van der Waals surface area contributed by atoms with Crippen LogP contribution in [0.4, 0.5) is 0 Å². The van der Waals surface area contributed by atoms with Crippen molar-refractivity contribution >= 4 is 11.3 Å². The number of nitrogens with one attached hydrogen (secondary N) is 1. The molecule has 3 heterocycles. The number of nitrogens with zero attached hydrogens (tertiary/aromatic N) is 2. The monoisotopic (exact) mass is 410 g/mol. The summed E-state index contributed by atoms with van der Waals surface area (Å²) in [6.45, 7) is 0. The van der Waals surface area contributed by atoms with Gasteiger partial charge in [0.05, 0.1) is 43.4 Å². The first kappa shape index (κ1) is 18.7. The van der Waals surface area contributed by atoms with E-state index < -0.39 is 5.92 Å². The van der Waals surface area contributed by atoms with Crippen LogP contribution < -0.4 is 24.7 Å². The molecule has 0 bridgehead atoms. The summed E-state index contributed by atoms with van der Waals surface area (Å²) in [5, 5.41) is 19.1. The standard InChI is InChI=1S/C20H18N4O4S/c1-25-12-8-14(27-3)13(26-2)7-10(12)16-11(9-21)19(22)28-20-17(16)18(23-24-20)15-5-4-6-29-15/h4-8,16H,22H2,1-3H3,(H,23,24)/t16-/m1/s1. The molecule has 0 spiro atoms. The van der Waals surface area contributed by atoms with Crippen LogP contribution in [0.25, 0.3) is 10.6 Å². The van der Waals surface area contributed by atoms with E-state index in [1.807, 2.05) is 17.5 Å². The molecule has 9 heteroatoms. The molecule has 0 radical (unpaired) electrons. The Kier molecular flexibility index (Phi) is 4.78. The van der Waals surface area contributed by atoms with E-state index in [1.165, 1.54) is 0 Å². The van der Waals surface area contributed by atoms with Gasteiger partial charge in [0.1, 0.15) is 17.4 Å². The first-order chi connectivity index (χ1) is 14.1. The fourth-order valence-corrected chi connectivity index (χ4v) is 4.18. The number of H-pyrrole nitrogens is 1. The maximum absolute atomic E-state index is 9.88. The van der Waals surface area contributed by atoms with Crippen LogP contribution in [0, 0.1) is 11.3 Å². The Morgan fingerprint density at radius 2 is 1.90 bits per heavy atom. The van der Waals surface area contributed by atoms with Crippen molar-refractivity contribution in [3.05, 3.63) is 52.2 Å². The van der Waals surface area contributed by atoms with E-state index in [-0.39, 0.29) is 11.5 Å². The summed E-state index contributed by atoms with van der Waals surface area (Å²) in [5.41, 5.74) is 8.49. The number of aromatic amines is 1. The first-order valence-corrected chi connectivity index (χ1v) is 9.50. The lowest BCUT2D eigenvalue weighted by molar-refractivity contribution is 0.346. The number of nitriles is 1. The molecular weight excluding hydrogens is 392 g/mol. The summed E-state index contributed by atoms with van der Waals surface area (Å²) in [6, 6.07) is 9.60. The molecule has 0 aliphatic carbocycles. The van der Waals surface area contributed by atoms with Crippen molar-refractivity contribution in [1.82, 2.24) is 10.2 Å². The average molecular weight is 410 g/mol. The van der Waals surface area contributed by atoms with E-state index in [0.717, 1.165) is 10.6 Å². The number of hydrogen-bond donors (Lipinski definition) is 2. The van der Waals surface area contributed by atoms with Crippen molar-refractivity contribution in [3.63, 3.8) is 0 Å². The number of ether oxygens (including phenoxy) is 4. The highest BCUT2D eigenvalue weighted by Gasteiger charge is 2.38. The molecule has 148 valence electrons. The van der Waals surface area contributed by atoms with Gasteiger partial charge in [0.15, 0.2) is 11.5 Å². The van der Waals surface area contributed by atoms with E-state index in [1.54, 1.807) is 44.8 Å². The van der Waals surface area contributed by atoms with Gasteiger partial charge in [-0.05, 0) is 17.5 Å². The first-order valence-electron chi connectivity index (χ1n) is 8.62. The highest BCUT2D eigenvalue weighted by molar-refractivity contribution is 7.13. The Morgan fingerprint density at radius 3 is 2.52 bits per heavy atom. The van der Waals surface area contributed by atoms with Gasteiger partial charge in [-0.2, -0.15) is 5.26 Å².